The summed E-state index contributed by atoms with van der Waals surface area (Å²) in [6.45, 7) is 9.19. The normalized spacial score (nSPS) is 15.8. The van der Waals surface area contributed by atoms with Crippen molar-refractivity contribution >= 4 is 11.7 Å². The first-order valence-electron chi connectivity index (χ1n) is 8.88. The molecule has 1 saturated heterocycles. The molecule has 5 heteroatoms. The van der Waals surface area contributed by atoms with Gasteiger partial charge in [-0.3, -0.25) is 4.79 Å². The number of hydrogen-bond acceptors (Lipinski definition) is 4. The first kappa shape index (κ1) is 17.4. The van der Waals surface area contributed by atoms with Crippen LogP contribution in [0.2, 0.25) is 0 Å². The van der Waals surface area contributed by atoms with Gasteiger partial charge in [0.2, 0.25) is 5.91 Å². The van der Waals surface area contributed by atoms with Crippen LogP contribution in [0.5, 0.6) is 0 Å². The van der Waals surface area contributed by atoms with E-state index in [1.807, 2.05) is 68.3 Å². The number of amides is 1. The molecule has 3 rings (SSSR count). The van der Waals surface area contributed by atoms with Crippen molar-refractivity contribution in [3.05, 3.63) is 42.6 Å². The molecule has 1 aromatic carbocycles. The zero-order chi connectivity index (χ0) is 17.9. The van der Waals surface area contributed by atoms with Gasteiger partial charge in [0.25, 0.3) is 0 Å². The van der Waals surface area contributed by atoms with Gasteiger partial charge in [-0.1, -0.05) is 51.1 Å². The average molecular weight is 338 g/mol. The first-order valence-corrected chi connectivity index (χ1v) is 8.88. The smallest absolute Gasteiger partial charge is 0.228 e. The number of nitrogens with zero attached hydrogens (tertiary/aromatic N) is 4. The first-order chi connectivity index (χ1) is 11.9. The van der Waals surface area contributed by atoms with E-state index in [1.54, 1.807) is 0 Å². The van der Waals surface area contributed by atoms with Gasteiger partial charge in [0, 0.05) is 43.4 Å². The van der Waals surface area contributed by atoms with Gasteiger partial charge in [-0.25, -0.2) is 9.97 Å². The van der Waals surface area contributed by atoms with Crippen LogP contribution in [-0.2, 0) is 4.79 Å². The van der Waals surface area contributed by atoms with Crippen molar-refractivity contribution in [1.29, 1.82) is 0 Å². The lowest BCUT2D eigenvalue weighted by Gasteiger charge is -2.28. The fourth-order valence-corrected chi connectivity index (χ4v) is 3.08. The maximum absolute atomic E-state index is 12.5. The molecule has 132 valence electrons. The third kappa shape index (κ3) is 4.16. The van der Waals surface area contributed by atoms with Crippen LogP contribution in [0, 0.1) is 5.41 Å². The topological polar surface area (TPSA) is 49.3 Å². The monoisotopic (exact) mass is 338 g/mol. The van der Waals surface area contributed by atoms with Crippen molar-refractivity contribution in [3.63, 3.8) is 0 Å². The molecule has 1 fully saturated rings. The van der Waals surface area contributed by atoms with Crippen molar-refractivity contribution in [3.8, 4) is 11.4 Å². The van der Waals surface area contributed by atoms with Gasteiger partial charge in [0.1, 0.15) is 5.82 Å². The number of anilines is 1. The average Bonchev–Trinajstić information content (AvgIpc) is 2.87. The molecular formula is C20H26N4O. The minimum atomic E-state index is -0.329. The summed E-state index contributed by atoms with van der Waals surface area (Å²) >= 11 is 0. The van der Waals surface area contributed by atoms with Crippen LogP contribution in [0.3, 0.4) is 0 Å². The van der Waals surface area contributed by atoms with Crippen molar-refractivity contribution in [2.24, 2.45) is 5.41 Å². The molecule has 0 atom stereocenters. The van der Waals surface area contributed by atoms with Crippen LogP contribution in [0.15, 0.2) is 42.6 Å². The fraction of sp³-hybridized carbons (Fsp3) is 0.450. The molecule has 1 amide bonds. The van der Waals surface area contributed by atoms with E-state index in [0.29, 0.717) is 0 Å². The second-order valence-corrected chi connectivity index (χ2v) is 7.49. The molecule has 0 radical (unpaired) electrons. The molecule has 0 N–H and O–H groups in total. The maximum atomic E-state index is 12.5. The molecule has 0 saturated carbocycles. The summed E-state index contributed by atoms with van der Waals surface area (Å²) in [5.74, 6) is 1.89. The second-order valence-electron chi connectivity index (χ2n) is 7.49. The lowest BCUT2D eigenvalue weighted by molar-refractivity contribution is -0.139. The summed E-state index contributed by atoms with van der Waals surface area (Å²) in [5, 5.41) is 0. The van der Waals surface area contributed by atoms with Crippen molar-refractivity contribution in [2.75, 3.05) is 31.1 Å². The third-order valence-electron chi connectivity index (χ3n) is 4.42. The Morgan fingerprint density at radius 2 is 1.76 bits per heavy atom. The summed E-state index contributed by atoms with van der Waals surface area (Å²) in [6.07, 6.45) is 2.76. The predicted octanol–water partition coefficient (Wildman–Crippen LogP) is 3.23. The van der Waals surface area contributed by atoms with Gasteiger partial charge in [0.05, 0.1) is 0 Å². The number of rotatable bonds is 2. The lowest BCUT2D eigenvalue weighted by Crippen LogP contribution is -2.41. The summed E-state index contributed by atoms with van der Waals surface area (Å²) in [5.41, 5.74) is 0.689. The highest BCUT2D eigenvalue weighted by molar-refractivity contribution is 5.81. The van der Waals surface area contributed by atoms with E-state index < -0.39 is 0 Å². The van der Waals surface area contributed by atoms with Gasteiger partial charge in [-0.2, -0.15) is 0 Å². The SMILES string of the molecule is CC(C)(C)C(=O)N1CCCN(c2ccnc(-c3ccccc3)n2)CC1. The fourth-order valence-electron chi connectivity index (χ4n) is 3.08. The van der Waals surface area contributed by atoms with Crippen LogP contribution in [0.4, 0.5) is 5.82 Å². The molecule has 1 aromatic heterocycles. The Bertz CT molecular complexity index is 724. The third-order valence-corrected chi connectivity index (χ3v) is 4.42. The molecule has 0 bridgehead atoms. The molecule has 5 nitrogen and oxygen atoms in total. The zero-order valence-corrected chi connectivity index (χ0v) is 15.3. The van der Waals surface area contributed by atoms with E-state index in [9.17, 15) is 4.79 Å². The molecule has 0 unspecified atom stereocenters. The zero-order valence-electron chi connectivity index (χ0n) is 15.3. The Balaban J connectivity index is 1.74. The van der Waals surface area contributed by atoms with Gasteiger partial charge in [-0.15, -0.1) is 0 Å². The Morgan fingerprint density at radius 1 is 1.00 bits per heavy atom. The molecular weight excluding hydrogens is 312 g/mol. The molecule has 1 aliphatic rings. The highest BCUT2D eigenvalue weighted by Crippen LogP contribution is 2.22. The molecule has 2 aromatic rings. The van der Waals surface area contributed by atoms with E-state index in [0.717, 1.165) is 49.8 Å². The van der Waals surface area contributed by atoms with Gasteiger partial charge >= 0.3 is 0 Å². The number of carbonyl (C=O) groups is 1. The van der Waals surface area contributed by atoms with E-state index >= 15 is 0 Å². The number of aromatic nitrogens is 2. The Kier molecular flexibility index (Phi) is 5.02. The maximum Gasteiger partial charge on any atom is 0.228 e. The molecule has 25 heavy (non-hydrogen) atoms. The minimum Gasteiger partial charge on any atom is -0.355 e. The number of benzene rings is 1. The second kappa shape index (κ2) is 7.21. The largest absolute Gasteiger partial charge is 0.355 e. The molecule has 2 heterocycles. The lowest BCUT2D eigenvalue weighted by atomic mass is 9.94. The van der Waals surface area contributed by atoms with Crippen LogP contribution >= 0.6 is 0 Å². The molecule has 1 aliphatic heterocycles. The summed E-state index contributed by atoms with van der Waals surface area (Å²) in [4.78, 5) is 25.9. The highest BCUT2D eigenvalue weighted by atomic mass is 16.2. The van der Waals surface area contributed by atoms with Crippen LogP contribution in [0.1, 0.15) is 27.2 Å². The van der Waals surface area contributed by atoms with E-state index in [4.69, 9.17) is 4.98 Å². The highest BCUT2D eigenvalue weighted by Gasteiger charge is 2.28. The van der Waals surface area contributed by atoms with Crippen molar-refractivity contribution in [2.45, 2.75) is 27.2 Å². The summed E-state index contributed by atoms with van der Waals surface area (Å²) < 4.78 is 0. The van der Waals surface area contributed by atoms with E-state index in [-0.39, 0.29) is 11.3 Å². The summed E-state index contributed by atoms with van der Waals surface area (Å²) in [6, 6.07) is 12.0. The van der Waals surface area contributed by atoms with Crippen LogP contribution in [-0.4, -0.2) is 47.0 Å². The molecule has 0 aliphatic carbocycles. The van der Waals surface area contributed by atoms with Gasteiger partial charge < -0.3 is 9.80 Å². The van der Waals surface area contributed by atoms with E-state index in [1.165, 1.54) is 0 Å². The van der Waals surface area contributed by atoms with Crippen molar-refractivity contribution < 1.29 is 4.79 Å². The Morgan fingerprint density at radius 3 is 2.48 bits per heavy atom. The quantitative estimate of drug-likeness (QED) is 0.843. The number of carbonyl (C=O) groups excluding carboxylic acids is 1. The van der Waals surface area contributed by atoms with E-state index in [2.05, 4.69) is 9.88 Å². The predicted molar refractivity (Wildman–Crippen MR) is 100 cm³/mol. The Labute approximate surface area is 149 Å². The van der Waals surface area contributed by atoms with Crippen molar-refractivity contribution in [1.82, 2.24) is 14.9 Å². The van der Waals surface area contributed by atoms with Crippen LogP contribution < -0.4 is 4.90 Å². The minimum absolute atomic E-state index is 0.224. The van der Waals surface area contributed by atoms with Gasteiger partial charge in [0.15, 0.2) is 5.82 Å². The Hall–Kier alpha value is -2.43. The molecule has 0 spiro atoms. The standard InChI is InChI=1S/C20H26N4O/c1-20(2,3)19(25)24-13-7-12-23(14-15-24)17-10-11-21-18(22-17)16-8-5-4-6-9-16/h4-6,8-11H,7,12-15H2,1-3H3. The van der Waals surface area contributed by atoms with Gasteiger partial charge in [-0.05, 0) is 12.5 Å². The number of hydrogen-bond donors (Lipinski definition) is 0. The van der Waals surface area contributed by atoms with Crippen LogP contribution in [0.25, 0.3) is 11.4 Å². The summed E-state index contributed by atoms with van der Waals surface area (Å²) in [7, 11) is 0.